The van der Waals surface area contributed by atoms with Gasteiger partial charge in [0.1, 0.15) is 0 Å². The zero-order chi connectivity index (χ0) is 49.6. The molecule has 0 unspecified atom stereocenters. The van der Waals surface area contributed by atoms with Gasteiger partial charge in [-0.1, -0.05) is 60.7 Å². The molecule has 364 valence electrons. The molecule has 2 saturated heterocycles. The summed E-state index contributed by atoms with van der Waals surface area (Å²) in [5, 5.41) is 16.5. The van der Waals surface area contributed by atoms with E-state index >= 15 is 0 Å². The van der Waals surface area contributed by atoms with Crippen LogP contribution < -0.4 is 15.1 Å². The van der Waals surface area contributed by atoms with E-state index in [1.165, 1.54) is 6.92 Å². The van der Waals surface area contributed by atoms with E-state index in [2.05, 4.69) is 25.7 Å². The molecule has 2 aliphatic heterocycles. The van der Waals surface area contributed by atoms with Gasteiger partial charge >= 0.3 is 36.2 Å². The fraction of sp³-hybridized carbons (Fsp3) is 0.354. The van der Waals surface area contributed by atoms with Crippen LogP contribution >= 0.6 is 0 Å². The van der Waals surface area contributed by atoms with Crippen LogP contribution in [-0.2, 0) is 30.2 Å². The van der Waals surface area contributed by atoms with Crippen LogP contribution in [-0.4, -0.2) is 103 Å². The van der Waals surface area contributed by atoms with E-state index in [1.807, 2.05) is 93.3 Å². The molecule has 4 atom stereocenters. The standard InChI is InChI=1S/C25H26F3N5O3.C23H24F3N5O2/c1-16-13-31(14-17(2)33(16)18(3)34)24(35)32(21-7-5-4-6-8-21)15-19-9-11-20(12-10-19)22-29-30-23(36-22)25(26,27)28;1-15-12-30(13-16(2)27-15)22(32)31(19-6-4-3-5-7-19)14-17-8-10-18(11-9-17)20-28-29-21(33-20)23(24,25)26/h4-12,16-17H,13-15H2,1-3H3;3-11,15-16,27H,12-14H2,1-2H3/t16-,17+;15-,16+. The first-order valence-corrected chi connectivity index (χ1v) is 22.0. The van der Waals surface area contributed by atoms with Crippen LogP contribution in [0.5, 0.6) is 0 Å². The summed E-state index contributed by atoms with van der Waals surface area (Å²) < 4.78 is 85.9. The molecular formula is C48H50F6N10O5. The van der Waals surface area contributed by atoms with Crippen molar-refractivity contribution >= 4 is 29.3 Å². The third-order valence-electron chi connectivity index (χ3n) is 11.4. The lowest BCUT2D eigenvalue weighted by atomic mass is 10.1. The van der Waals surface area contributed by atoms with Crippen LogP contribution in [0.25, 0.3) is 22.9 Å². The number of carbonyl (C=O) groups excluding carboxylic acids is 3. The van der Waals surface area contributed by atoms with E-state index in [0.29, 0.717) is 49.5 Å². The summed E-state index contributed by atoms with van der Waals surface area (Å²) in [5.74, 6) is -3.27. The maximum Gasteiger partial charge on any atom is 0.470 e. The van der Waals surface area contributed by atoms with E-state index < -0.39 is 24.1 Å². The van der Waals surface area contributed by atoms with Crippen LogP contribution in [0, 0.1) is 0 Å². The number of piperazine rings is 2. The maximum absolute atomic E-state index is 13.7. The number of anilines is 2. The number of aromatic nitrogens is 4. The third-order valence-corrected chi connectivity index (χ3v) is 11.4. The van der Waals surface area contributed by atoms with Gasteiger partial charge in [-0.2, -0.15) is 26.3 Å². The fourth-order valence-corrected chi connectivity index (χ4v) is 8.46. The first-order valence-electron chi connectivity index (χ1n) is 22.0. The maximum atomic E-state index is 13.7. The summed E-state index contributed by atoms with van der Waals surface area (Å²) in [5.41, 5.74) is 3.73. The molecular weight excluding hydrogens is 911 g/mol. The summed E-state index contributed by atoms with van der Waals surface area (Å²) in [6.45, 7) is 12.0. The number of hydrogen-bond acceptors (Lipinski definition) is 10. The van der Waals surface area contributed by atoms with Gasteiger partial charge in [0, 0.05) is 79.8 Å². The zero-order valence-corrected chi connectivity index (χ0v) is 38.3. The summed E-state index contributed by atoms with van der Waals surface area (Å²) in [6, 6.07) is 31.6. The highest BCUT2D eigenvalue weighted by Crippen LogP contribution is 2.32. The predicted octanol–water partition coefficient (Wildman–Crippen LogP) is 9.39. The number of halogens is 6. The molecule has 21 heteroatoms. The Hall–Kier alpha value is -7.29. The number of hydrogen-bond donors (Lipinski definition) is 1. The number of nitrogens with zero attached hydrogens (tertiary/aromatic N) is 9. The van der Waals surface area contributed by atoms with E-state index in [0.717, 1.165) is 16.8 Å². The van der Waals surface area contributed by atoms with Gasteiger partial charge in [0.05, 0.1) is 13.1 Å². The molecule has 4 aromatic carbocycles. The number of alkyl halides is 6. The number of rotatable bonds is 8. The molecule has 2 fully saturated rings. The Kier molecular flexibility index (Phi) is 15.0. The second-order valence-electron chi connectivity index (χ2n) is 17.0. The highest BCUT2D eigenvalue weighted by atomic mass is 19.4. The second kappa shape index (κ2) is 20.9. The SMILES string of the molecule is CC(=O)N1[C@H](C)CN(C(=O)N(Cc2ccc(-c3nnc(C(F)(F)F)o3)cc2)c2ccccc2)C[C@@H]1C.C[C@@H]1CN(C(=O)N(Cc2ccc(-c3nnc(C(F)(F)F)o3)cc2)c2ccccc2)C[C@H](C)N1. The van der Waals surface area contributed by atoms with Crippen molar-refractivity contribution in [3.8, 4) is 22.9 Å². The fourth-order valence-electron chi connectivity index (χ4n) is 8.46. The van der Waals surface area contributed by atoms with E-state index in [1.54, 1.807) is 68.1 Å². The lowest BCUT2D eigenvalue weighted by Gasteiger charge is -2.45. The number of carbonyl (C=O) groups is 3. The monoisotopic (exact) mass is 960 g/mol. The normalized spacial score (nSPS) is 18.6. The highest BCUT2D eigenvalue weighted by Gasteiger charge is 2.40. The average Bonchev–Trinajstić information content (AvgIpc) is 4.03. The van der Waals surface area contributed by atoms with E-state index in [-0.39, 0.29) is 60.5 Å². The summed E-state index contributed by atoms with van der Waals surface area (Å²) in [7, 11) is 0. The van der Waals surface area contributed by atoms with Gasteiger partial charge in [-0.25, -0.2) is 9.59 Å². The summed E-state index contributed by atoms with van der Waals surface area (Å²) in [6.07, 6.45) is -9.41. The van der Waals surface area contributed by atoms with Crippen molar-refractivity contribution in [2.45, 2.75) is 84.2 Å². The Labute approximate surface area is 393 Å². The minimum Gasteiger partial charge on any atom is -0.413 e. The van der Waals surface area contributed by atoms with Crippen molar-refractivity contribution in [2.24, 2.45) is 0 Å². The largest absolute Gasteiger partial charge is 0.470 e. The van der Waals surface area contributed by atoms with Crippen LogP contribution in [0.15, 0.2) is 118 Å². The molecule has 2 aromatic heterocycles. The van der Waals surface area contributed by atoms with Crippen LogP contribution in [0.2, 0.25) is 0 Å². The average molecular weight is 961 g/mol. The summed E-state index contributed by atoms with van der Waals surface area (Å²) >= 11 is 0. The molecule has 0 aliphatic carbocycles. The molecule has 1 N–H and O–H groups in total. The first-order chi connectivity index (χ1) is 32.7. The smallest absolute Gasteiger partial charge is 0.413 e. The molecule has 4 heterocycles. The zero-order valence-electron chi connectivity index (χ0n) is 38.3. The molecule has 0 radical (unpaired) electrons. The van der Waals surface area contributed by atoms with Crippen molar-refractivity contribution < 1.29 is 49.6 Å². The van der Waals surface area contributed by atoms with E-state index in [9.17, 15) is 40.7 Å². The number of urea groups is 2. The molecule has 8 rings (SSSR count). The van der Waals surface area contributed by atoms with Crippen molar-refractivity contribution in [1.82, 2.24) is 40.4 Å². The molecule has 0 bridgehead atoms. The van der Waals surface area contributed by atoms with Gasteiger partial charge in [0.25, 0.3) is 0 Å². The molecule has 0 spiro atoms. The quantitative estimate of drug-likeness (QED) is 0.146. The summed E-state index contributed by atoms with van der Waals surface area (Å²) in [4.78, 5) is 47.9. The molecule has 5 amide bonds. The van der Waals surface area contributed by atoms with Gasteiger partial charge in [0.15, 0.2) is 0 Å². The lowest BCUT2D eigenvalue weighted by Crippen LogP contribution is -2.61. The van der Waals surface area contributed by atoms with Crippen LogP contribution in [0.3, 0.4) is 0 Å². The number of para-hydroxylation sites is 2. The third kappa shape index (κ3) is 12.2. The second-order valence-corrected chi connectivity index (χ2v) is 17.0. The Balaban J connectivity index is 0.000000205. The topological polar surface area (TPSA) is 157 Å². The minimum absolute atomic E-state index is 0.0225. The minimum atomic E-state index is -4.72. The molecule has 2 aliphatic rings. The molecule has 0 saturated carbocycles. The Morgan fingerprint density at radius 2 is 0.928 bits per heavy atom. The first kappa shape index (κ1) is 49.6. The predicted molar refractivity (Wildman–Crippen MR) is 242 cm³/mol. The van der Waals surface area contributed by atoms with Gasteiger partial charge in [-0.05, 0) is 87.4 Å². The Bertz CT molecular complexity index is 2640. The van der Waals surface area contributed by atoms with Gasteiger partial charge < -0.3 is 28.9 Å². The molecule has 6 aromatic rings. The van der Waals surface area contributed by atoms with Gasteiger partial charge in [0.2, 0.25) is 17.7 Å². The van der Waals surface area contributed by atoms with Crippen molar-refractivity contribution in [3.63, 3.8) is 0 Å². The number of benzene rings is 4. The highest BCUT2D eigenvalue weighted by molar-refractivity contribution is 5.93. The number of amides is 5. The van der Waals surface area contributed by atoms with Crippen LogP contribution in [0.1, 0.15) is 57.5 Å². The molecule has 69 heavy (non-hydrogen) atoms. The lowest BCUT2D eigenvalue weighted by molar-refractivity contribution is -0.157. The Morgan fingerprint density at radius 3 is 1.26 bits per heavy atom. The van der Waals surface area contributed by atoms with Crippen molar-refractivity contribution in [1.29, 1.82) is 0 Å². The van der Waals surface area contributed by atoms with Crippen molar-refractivity contribution in [2.75, 3.05) is 36.0 Å². The van der Waals surface area contributed by atoms with Gasteiger partial charge in [-0.15, -0.1) is 20.4 Å². The Morgan fingerprint density at radius 1 is 0.565 bits per heavy atom. The van der Waals surface area contributed by atoms with Crippen molar-refractivity contribution in [3.05, 3.63) is 132 Å². The van der Waals surface area contributed by atoms with Gasteiger partial charge in [-0.3, -0.25) is 14.6 Å². The van der Waals surface area contributed by atoms with E-state index in [4.69, 9.17) is 8.83 Å². The van der Waals surface area contributed by atoms with Crippen LogP contribution in [0.4, 0.5) is 47.3 Å². The number of nitrogens with one attached hydrogen (secondary N) is 1. The molecule has 15 nitrogen and oxygen atoms in total.